The van der Waals surface area contributed by atoms with Gasteiger partial charge in [0.1, 0.15) is 5.75 Å². The molecule has 1 atom stereocenters. The minimum absolute atomic E-state index is 0.479. The van der Waals surface area contributed by atoms with Crippen LogP contribution in [-0.2, 0) is 0 Å². The summed E-state index contributed by atoms with van der Waals surface area (Å²) in [7, 11) is 1.69. The Balaban J connectivity index is 2.11. The van der Waals surface area contributed by atoms with Crippen molar-refractivity contribution in [2.75, 3.05) is 18.2 Å². The van der Waals surface area contributed by atoms with Crippen LogP contribution in [0.5, 0.6) is 5.75 Å². The minimum atomic E-state index is 0.479. The number of nitrogens with zero attached hydrogens (tertiary/aromatic N) is 1. The highest BCUT2D eigenvalue weighted by Gasteiger charge is 2.14. The molecule has 1 aromatic rings. The second kappa shape index (κ2) is 6.14. The normalized spacial score (nSPS) is 19.3. The molecule has 1 heterocycles. The summed E-state index contributed by atoms with van der Waals surface area (Å²) < 4.78 is 5.21. The monoisotopic (exact) mass is 264 g/mol. The van der Waals surface area contributed by atoms with Gasteiger partial charge in [0, 0.05) is 11.4 Å². The standard InChI is InChI=1S/C14H20N2OS/c1-4-11-7-8-18-14(15-11)16-13-6-5-12(17-3)9-10(13)2/h5-6,9,11H,4,7-8H2,1-3H3,(H,15,16). The van der Waals surface area contributed by atoms with Crippen LogP contribution in [0.1, 0.15) is 25.3 Å². The van der Waals surface area contributed by atoms with Crippen LogP contribution in [0.15, 0.2) is 23.2 Å². The van der Waals surface area contributed by atoms with Crippen molar-refractivity contribution in [2.45, 2.75) is 32.7 Å². The number of aliphatic imine (C=N–C) groups is 1. The van der Waals surface area contributed by atoms with Crippen LogP contribution >= 0.6 is 11.8 Å². The van der Waals surface area contributed by atoms with E-state index in [9.17, 15) is 0 Å². The highest BCUT2D eigenvalue weighted by molar-refractivity contribution is 8.14. The SMILES string of the molecule is CCC1CCSC(Nc2ccc(OC)cc2C)=N1. The van der Waals surface area contributed by atoms with Crippen molar-refractivity contribution in [3.63, 3.8) is 0 Å². The van der Waals surface area contributed by atoms with Gasteiger partial charge in [0.05, 0.1) is 13.2 Å². The third kappa shape index (κ3) is 3.19. The molecule has 0 saturated heterocycles. The van der Waals surface area contributed by atoms with Crippen LogP contribution in [-0.4, -0.2) is 24.1 Å². The lowest BCUT2D eigenvalue weighted by molar-refractivity contribution is 0.414. The van der Waals surface area contributed by atoms with Crippen molar-refractivity contribution in [3.05, 3.63) is 23.8 Å². The van der Waals surface area contributed by atoms with Crippen LogP contribution in [0.4, 0.5) is 5.69 Å². The molecule has 98 valence electrons. The molecule has 0 amide bonds. The first-order chi connectivity index (χ1) is 8.72. The van der Waals surface area contributed by atoms with E-state index in [1.807, 2.05) is 18.2 Å². The van der Waals surface area contributed by atoms with Crippen LogP contribution in [0.3, 0.4) is 0 Å². The second-order valence-corrected chi connectivity index (χ2v) is 5.52. The average molecular weight is 264 g/mol. The second-order valence-electron chi connectivity index (χ2n) is 4.44. The summed E-state index contributed by atoms with van der Waals surface area (Å²) in [5.41, 5.74) is 2.29. The van der Waals surface area contributed by atoms with Crippen LogP contribution < -0.4 is 10.1 Å². The maximum atomic E-state index is 5.21. The van der Waals surface area contributed by atoms with E-state index in [0.717, 1.165) is 28.8 Å². The Morgan fingerprint density at radius 1 is 1.50 bits per heavy atom. The highest BCUT2D eigenvalue weighted by atomic mass is 32.2. The molecular weight excluding hydrogens is 244 g/mol. The van der Waals surface area contributed by atoms with Gasteiger partial charge in [-0.15, -0.1) is 0 Å². The van der Waals surface area contributed by atoms with Crippen molar-refractivity contribution >= 4 is 22.6 Å². The molecule has 0 bridgehead atoms. The predicted molar refractivity (Wildman–Crippen MR) is 79.9 cm³/mol. The highest BCUT2D eigenvalue weighted by Crippen LogP contribution is 2.25. The topological polar surface area (TPSA) is 33.6 Å². The summed E-state index contributed by atoms with van der Waals surface area (Å²) in [5, 5.41) is 4.47. The van der Waals surface area contributed by atoms with Crippen molar-refractivity contribution in [1.82, 2.24) is 0 Å². The van der Waals surface area contributed by atoms with Crippen LogP contribution in [0.2, 0.25) is 0 Å². The van der Waals surface area contributed by atoms with Gasteiger partial charge in [0.15, 0.2) is 5.17 Å². The molecule has 1 aromatic carbocycles. The number of hydrogen-bond acceptors (Lipinski definition) is 4. The summed E-state index contributed by atoms with van der Waals surface area (Å²) >= 11 is 1.80. The number of aryl methyl sites for hydroxylation is 1. The first-order valence-corrected chi connectivity index (χ1v) is 7.33. The molecule has 0 aromatic heterocycles. The van der Waals surface area contributed by atoms with Gasteiger partial charge < -0.3 is 10.1 Å². The molecule has 3 nitrogen and oxygen atoms in total. The number of ether oxygens (including phenoxy) is 1. The summed E-state index contributed by atoms with van der Waals surface area (Å²) in [5.74, 6) is 2.04. The number of rotatable bonds is 3. The third-order valence-electron chi connectivity index (χ3n) is 3.14. The summed E-state index contributed by atoms with van der Waals surface area (Å²) in [6.07, 6.45) is 2.31. The van der Waals surface area contributed by atoms with Gasteiger partial charge in [-0.2, -0.15) is 0 Å². The Morgan fingerprint density at radius 2 is 2.33 bits per heavy atom. The van der Waals surface area contributed by atoms with E-state index in [1.165, 1.54) is 12.0 Å². The smallest absolute Gasteiger partial charge is 0.161 e. The molecule has 0 spiro atoms. The summed E-state index contributed by atoms with van der Waals surface area (Å²) in [4.78, 5) is 4.72. The lowest BCUT2D eigenvalue weighted by Gasteiger charge is -2.20. The lowest BCUT2D eigenvalue weighted by atomic mass is 10.2. The minimum Gasteiger partial charge on any atom is -0.497 e. The van der Waals surface area contributed by atoms with Crippen molar-refractivity contribution < 1.29 is 4.74 Å². The maximum Gasteiger partial charge on any atom is 0.161 e. The number of amidine groups is 1. The first kappa shape index (κ1) is 13.3. The third-order valence-corrected chi connectivity index (χ3v) is 4.06. The van der Waals surface area contributed by atoms with E-state index in [0.29, 0.717) is 6.04 Å². The number of methoxy groups -OCH3 is 1. The Labute approximate surface area is 113 Å². The molecule has 1 aliphatic heterocycles. The van der Waals surface area contributed by atoms with Gasteiger partial charge in [-0.05, 0) is 43.5 Å². The fourth-order valence-corrected chi connectivity index (χ4v) is 2.93. The van der Waals surface area contributed by atoms with E-state index in [-0.39, 0.29) is 0 Å². The van der Waals surface area contributed by atoms with Crippen molar-refractivity contribution in [3.8, 4) is 5.75 Å². The maximum absolute atomic E-state index is 5.21. The lowest BCUT2D eigenvalue weighted by Crippen LogP contribution is -2.19. The van der Waals surface area contributed by atoms with E-state index in [4.69, 9.17) is 9.73 Å². The number of hydrogen-bond donors (Lipinski definition) is 1. The van der Waals surface area contributed by atoms with E-state index in [2.05, 4.69) is 19.2 Å². The molecule has 0 aliphatic carbocycles. The van der Waals surface area contributed by atoms with Gasteiger partial charge in [0.2, 0.25) is 0 Å². The van der Waals surface area contributed by atoms with Gasteiger partial charge in [-0.25, -0.2) is 0 Å². The zero-order valence-electron chi connectivity index (χ0n) is 11.2. The Kier molecular flexibility index (Phi) is 4.53. The summed E-state index contributed by atoms with van der Waals surface area (Å²) in [6.45, 7) is 4.27. The van der Waals surface area contributed by atoms with E-state index >= 15 is 0 Å². The van der Waals surface area contributed by atoms with Gasteiger partial charge in [-0.1, -0.05) is 18.7 Å². The number of anilines is 1. The zero-order valence-corrected chi connectivity index (χ0v) is 12.0. The molecule has 1 N–H and O–H groups in total. The van der Waals surface area contributed by atoms with E-state index in [1.54, 1.807) is 18.9 Å². The van der Waals surface area contributed by atoms with E-state index < -0.39 is 0 Å². The molecule has 1 unspecified atom stereocenters. The van der Waals surface area contributed by atoms with Crippen molar-refractivity contribution in [1.29, 1.82) is 0 Å². The molecule has 18 heavy (non-hydrogen) atoms. The van der Waals surface area contributed by atoms with Crippen LogP contribution in [0.25, 0.3) is 0 Å². The number of benzene rings is 1. The fraction of sp³-hybridized carbons (Fsp3) is 0.500. The molecule has 2 rings (SSSR count). The Bertz CT molecular complexity index is 445. The van der Waals surface area contributed by atoms with Gasteiger partial charge in [-0.3, -0.25) is 4.99 Å². The van der Waals surface area contributed by atoms with Gasteiger partial charge >= 0.3 is 0 Å². The average Bonchev–Trinajstić information content (AvgIpc) is 2.41. The Morgan fingerprint density at radius 3 is 3.00 bits per heavy atom. The first-order valence-electron chi connectivity index (χ1n) is 6.35. The summed E-state index contributed by atoms with van der Waals surface area (Å²) in [6, 6.07) is 6.54. The number of thioether (sulfide) groups is 1. The van der Waals surface area contributed by atoms with Crippen molar-refractivity contribution in [2.24, 2.45) is 4.99 Å². The molecular formula is C14H20N2OS. The number of nitrogens with one attached hydrogen (secondary N) is 1. The largest absolute Gasteiger partial charge is 0.497 e. The van der Waals surface area contributed by atoms with Gasteiger partial charge in [0.25, 0.3) is 0 Å². The molecule has 1 aliphatic rings. The molecule has 0 radical (unpaired) electrons. The predicted octanol–water partition coefficient (Wildman–Crippen LogP) is 3.69. The fourth-order valence-electron chi connectivity index (χ4n) is 1.94. The zero-order chi connectivity index (χ0) is 13.0. The Hall–Kier alpha value is -1.16. The van der Waals surface area contributed by atoms with Crippen LogP contribution in [0, 0.1) is 6.92 Å². The quantitative estimate of drug-likeness (QED) is 0.904. The molecule has 4 heteroatoms. The molecule has 0 saturated carbocycles. The molecule has 0 fully saturated rings.